The predicted molar refractivity (Wildman–Crippen MR) is 101 cm³/mol. The molecule has 0 bridgehead atoms. The Kier molecular flexibility index (Phi) is 7.03. The van der Waals surface area contributed by atoms with Gasteiger partial charge in [-0.25, -0.2) is 4.79 Å². The van der Waals surface area contributed by atoms with E-state index in [1.54, 1.807) is 37.3 Å². The molecule has 8 heteroatoms. The number of halogens is 1. The quantitative estimate of drug-likeness (QED) is 0.757. The first-order valence-electron chi connectivity index (χ1n) is 8.38. The zero-order valence-electron chi connectivity index (χ0n) is 15.1. The minimum Gasteiger partial charge on any atom is -0.360 e. The molecule has 0 saturated carbocycles. The van der Waals surface area contributed by atoms with E-state index in [-0.39, 0.29) is 18.5 Å². The van der Waals surface area contributed by atoms with E-state index in [9.17, 15) is 9.59 Å². The molecule has 140 valence electrons. The van der Waals surface area contributed by atoms with E-state index < -0.39 is 0 Å². The normalized spacial score (nSPS) is 10.7. The third-order valence-corrected chi connectivity index (χ3v) is 3.80. The molecule has 1 aromatic carbocycles. The highest BCUT2D eigenvalue weighted by Crippen LogP contribution is 2.16. The summed E-state index contributed by atoms with van der Waals surface area (Å²) in [5.74, 6) is 0.975. The van der Waals surface area contributed by atoms with Crippen LogP contribution in [0.15, 0.2) is 34.9 Å². The highest BCUT2D eigenvalue weighted by atomic mass is 35.5. The summed E-state index contributed by atoms with van der Waals surface area (Å²) in [5.41, 5.74) is 0.574. The molecule has 0 aliphatic carbocycles. The number of carbonyl (C=O) groups is 2. The Morgan fingerprint density at radius 2 is 2.04 bits per heavy atom. The molecule has 0 aliphatic rings. The number of aryl methyl sites for hydroxylation is 1. The van der Waals surface area contributed by atoms with Crippen molar-refractivity contribution < 1.29 is 14.1 Å². The third kappa shape index (κ3) is 6.40. The number of hydrogen-bond acceptors (Lipinski definition) is 4. The van der Waals surface area contributed by atoms with Crippen molar-refractivity contribution in [1.82, 2.24) is 10.1 Å². The predicted octanol–water partition coefficient (Wildman–Crippen LogP) is 4.16. The van der Waals surface area contributed by atoms with Crippen molar-refractivity contribution in [2.75, 3.05) is 23.7 Å². The van der Waals surface area contributed by atoms with Crippen molar-refractivity contribution in [2.45, 2.75) is 27.2 Å². The molecule has 2 rings (SSSR count). The van der Waals surface area contributed by atoms with Crippen LogP contribution in [0.1, 0.15) is 26.0 Å². The van der Waals surface area contributed by atoms with Crippen LogP contribution in [0.2, 0.25) is 5.02 Å². The monoisotopic (exact) mass is 378 g/mol. The lowest BCUT2D eigenvalue weighted by molar-refractivity contribution is -0.116. The van der Waals surface area contributed by atoms with Gasteiger partial charge in [0.1, 0.15) is 12.3 Å². The van der Waals surface area contributed by atoms with Gasteiger partial charge in [-0.05, 0) is 37.5 Å². The summed E-state index contributed by atoms with van der Waals surface area (Å²) < 4.78 is 4.92. The van der Waals surface area contributed by atoms with Gasteiger partial charge in [-0.3, -0.25) is 4.79 Å². The molecule has 2 aromatic rings. The van der Waals surface area contributed by atoms with Gasteiger partial charge in [-0.1, -0.05) is 36.7 Å². The van der Waals surface area contributed by atoms with E-state index in [0.717, 1.165) is 6.42 Å². The molecule has 0 fully saturated rings. The van der Waals surface area contributed by atoms with Gasteiger partial charge in [-0.2, -0.15) is 0 Å². The van der Waals surface area contributed by atoms with Crippen LogP contribution in [0.25, 0.3) is 0 Å². The van der Waals surface area contributed by atoms with Crippen molar-refractivity contribution in [3.63, 3.8) is 0 Å². The highest BCUT2D eigenvalue weighted by molar-refractivity contribution is 6.30. The van der Waals surface area contributed by atoms with Gasteiger partial charge in [0.15, 0.2) is 5.82 Å². The lowest BCUT2D eigenvalue weighted by Crippen LogP contribution is -2.41. The number of hydrogen-bond donors (Lipinski definition) is 2. The smallest absolute Gasteiger partial charge is 0.322 e. The number of amides is 3. The number of carbonyl (C=O) groups excluding carboxylic acids is 2. The lowest BCUT2D eigenvalue weighted by Gasteiger charge is -2.23. The van der Waals surface area contributed by atoms with Gasteiger partial charge in [0, 0.05) is 23.3 Å². The van der Waals surface area contributed by atoms with Crippen molar-refractivity contribution in [1.29, 1.82) is 0 Å². The molecule has 0 atom stereocenters. The van der Waals surface area contributed by atoms with Gasteiger partial charge in [0.2, 0.25) is 5.91 Å². The third-order valence-electron chi connectivity index (χ3n) is 3.57. The molecule has 0 spiro atoms. The molecule has 0 saturated heterocycles. The topological polar surface area (TPSA) is 87.5 Å². The first-order chi connectivity index (χ1) is 12.3. The Morgan fingerprint density at radius 1 is 1.27 bits per heavy atom. The van der Waals surface area contributed by atoms with Crippen LogP contribution < -0.4 is 10.6 Å². The fraction of sp³-hybridized carbons (Fsp3) is 0.389. The van der Waals surface area contributed by atoms with Crippen molar-refractivity contribution in [3.05, 3.63) is 41.1 Å². The average Bonchev–Trinajstić information content (AvgIpc) is 2.96. The SMILES string of the molecule is Cc1cc(NC(=O)CN(CCC(C)C)C(=O)Nc2cccc(Cl)c2)no1. The number of nitrogens with one attached hydrogen (secondary N) is 2. The molecular formula is C18H23ClN4O3. The van der Waals surface area contributed by atoms with Gasteiger partial charge in [-0.15, -0.1) is 0 Å². The van der Waals surface area contributed by atoms with Crippen molar-refractivity contribution in [3.8, 4) is 0 Å². The summed E-state index contributed by atoms with van der Waals surface area (Å²) in [4.78, 5) is 26.3. The largest absolute Gasteiger partial charge is 0.360 e. The first kappa shape index (κ1) is 19.8. The molecular weight excluding hydrogens is 356 g/mol. The summed E-state index contributed by atoms with van der Waals surface area (Å²) in [6.07, 6.45) is 0.777. The van der Waals surface area contributed by atoms with Crippen LogP contribution in [-0.2, 0) is 4.79 Å². The zero-order valence-corrected chi connectivity index (χ0v) is 15.8. The van der Waals surface area contributed by atoms with E-state index >= 15 is 0 Å². The van der Waals surface area contributed by atoms with E-state index in [1.165, 1.54) is 4.90 Å². The number of rotatable bonds is 7. The maximum Gasteiger partial charge on any atom is 0.322 e. The summed E-state index contributed by atoms with van der Waals surface area (Å²) in [7, 11) is 0. The van der Waals surface area contributed by atoms with Crippen molar-refractivity contribution >= 4 is 35.0 Å². The van der Waals surface area contributed by atoms with E-state index in [2.05, 4.69) is 29.6 Å². The summed E-state index contributed by atoms with van der Waals surface area (Å²) >= 11 is 5.94. The molecule has 0 radical (unpaired) electrons. The Bertz CT molecular complexity index is 760. The second-order valence-electron chi connectivity index (χ2n) is 6.42. The fourth-order valence-electron chi connectivity index (χ4n) is 2.22. The zero-order chi connectivity index (χ0) is 19.1. The summed E-state index contributed by atoms with van der Waals surface area (Å²) in [6, 6.07) is 8.11. The van der Waals surface area contributed by atoms with Crippen molar-refractivity contribution in [2.24, 2.45) is 5.92 Å². The van der Waals surface area contributed by atoms with E-state index in [4.69, 9.17) is 16.1 Å². The minimum atomic E-state index is -0.362. The second-order valence-corrected chi connectivity index (χ2v) is 6.85. The Labute approximate surface area is 157 Å². The molecule has 1 heterocycles. The van der Waals surface area contributed by atoms with Crippen LogP contribution in [0.4, 0.5) is 16.3 Å². The van der Waals surface area contributed by atoms with E-state index in [0.29, 0.717) is 34.8 Å². The highest BCUT2D eigenvalue weighted by Gasteiger charge is 2.18. The Hall–Kier alpha value is -2.54. The molecule has 0 unspecified atom stereocenters. The van der Waals surface area contributed by atoms with Gasteiger partial charge in [0.25, 0.3) is 0 Å². The van der Waals surface area contributed by atoms with Gasteiger partial charge < -0.3 is 20.1 Å². The standard InChI is InChI=1S/C18H23ClN4O3/c1-12(2)7-8-23(11-17(24)21-16-9-13(3)26-22-16)18(25)20-15-6-4-5-14(19)10-15/h4-6,9-10,12H,7-8,11H2,1-3H3,(H,20,25)(H,21,22,24). The van der Waals surface area contributed by atoms with Gasteiger partial charge in [0.05, 0.1) is 0 Å². The number of urea groups is 1. The molecule has 2 N–H and O–H groups in total. The number of aromatic nitrogens is 1. The van der Waals surface area contributed by atoms with Crippen LogP contribution in [0, 0.1) is 12.8 Å². The Balaban J connectivity index is 2.01. The molecule has 0 aliphatic heterocycles. The lowest BCUT2D eigenvalue weighted by atomic mass is 10.1. The molecule has 26 heavy (non-hydrogen) atoms. The fourth-order valence-corrected chi connectivity index (χ4v) is 2.41. The van der Waals surface area contributed by atoms with Crippen LogP contribution in [0.5, 0.6) is 0 Å². The number of benzene rings is 1. The summed E-state index contributed by atoms with van der Waals surface area (Å²) in [6.45, 7) is 6.22. The number of anilines is 2. The second kappa shape index (κ2) is 9.24. The van der Waals surface area contributed by atoms with Gasteiger partial charge >= 0.3 is 6.03 Å². The van der Waals surface area contributed by atoms with Crippen LogP contribution in [0.3, 0.4) is 0 Å². The summed E-state index contributed by atoms with van der Waals surface area (Å²) in [5, 5.41) is 9.63. The van der Waals surface area contributed by atoms with E-state index in [1.807, 2.05) is 0 Å². The number of nitrogens with zero attached hydrogens (tertiary/aromatic N) is 2. The van der Waals surface area contributed by atoms with Crippen LogP contribution >= 0.6 is 11.6 Å². The maximum atomic E-state index is 12.6. The Morgan fingerprint density at radius 3 is 2.65 bits per heavy atom. The molecule has 7 nitrogen and oxygen atoms in total. The maximum absolute atomic E-state index is 12.6. The first-order valence-corrected chi connectivity index (χ1v) is 8.76. The van der Waals surface area contributed by atoms with Crippen LogP contribution in [-0.4, -0.2) is 35.1 Å². The molecule has 1 aromatic heterocycles. The average molecular weight is 379 g/mol. The molecule has 3 amide bonds. The minimum absolute atomic E-state index is 0.0922.